The van der Waals surface area contributed by atoms with Crippen molar-refractivity contribution in [2.24, 2.45) is 4.99 Å². The molecule has 2 N–H and O–H groups in total. The molecular weight excluding hydrogens is 499 g/mol. The molecule has 0 bridgehead atoms. The predicted octanol–water partition coefficient (Wildman–Crippen LogP) is 1.33. The Kier molecular flexibility index (Phi) is 11.2. The quantitative estimate of drug-likeness (QED) is 0.312. The number of ether oxygens (including phenoxy) is 1. The Morgan fingerprint density at radius 3 is 2.33 bits per heavy atom. The average molecular weight is 538 g/mol. The van der Waals surface area contributed by atoms with Crippen LogP contribution in [0.25, 0.3) is 0 Å². The van der Waals surface area contributed by atoms with Gasteiger partial charge in [0.15, 0.2) is 5.96 Å². The standard InChI is InChI=1S/C20H38N6O3.HI/c1-6-17(27)26-9-7-16(15-26)23-18(21-5)22-8-10-24-11-13-25(14-12-24)19(28)29-20(2,3)4;/h16H,6-15H2,1-5H3,(H2,21,22,23);1H. The molecule has 0 spiro atoms. The van der Waals surface area contributed by atoms with E-state index in [0.717, 1.165) is 51.6 Å². The third-order valence-electron chi connectivity index (χ3n) is 5.15. The third-order valence-corrected chi connectivity index (χ3v) is 5.15. The van der Waals surface area contributed by atoms with Gasteiger partial charge < -0.3 is 25.2 Å². The second kappa shape index (κ2) is 12.5. The molecule has 2 amide bonds. The molecule has 0 saturated carbocycles. The number of hydrogen-bond acceptors (Lipinski definition) is 5. The van der Waals surface area contributed by atoms with Gasteiger partial charge in [0.2, 0.25) is 5.91 Å². The van der Waals surface area contributed by atoms with E-state index in [1.165, 1.54) is 0 Å². The van der Waals surface area contributed by atoms with Crippen LogP contribution in [0.1, 0.15) is 40.5 Å². The SMILES string of the molecule is CCC(=O)N1CCC(NC(=NC)NCCN2CCN(C(=O)OC(C)(C)C)CC2)C1.I. The highest BCUT2D eigenvalue weighted by atomic mass is 127. The van der Waals surface area contributed by atoms with E-state index in [0.29, 0.717) is 19.5 Å². The molecule has 2 heterocycles. The number of hydrogen-bond donors (Lipinski definition) is 2. The Hall–Kier alpha value is -1.30. The summed E-state index contributed by atoms with van der Waals surface area (Å²) in [5.74, 6) is 0.982. The van der Waals surface area contributed by atoms with Gasteiger partial charge in [-0.3, -0.25) is 14.7 Å². The highest BCUT2D eigenvalue weighted by Crippen LogP contribution is 2.12. The van der Waals surface area contributed by atoms with E-state index < -0.39 is 5.60 Å². The average Bonchev–Trinajstić information content (AvgIpc) is 3.14. The lowest BCUT2D eigenvalue weighted by molar-refractivity contribution is -0.129. The van der Waals surface area contributed by atoms with Crippen LogP contribution < -0.4 is 10.6 Å². The molecule has 0 aromatic carbocycles. The van der Waals surface area contributed by atoms with Crippen molar-refractivity contribution in [2.45, 2.75) is 52.2 Å². The van der Waals surface area contributed by atoms with E-state index in [4.69, 9.17) is 4.74 Å². The summed E-state index contributed by atoms with van der Waals surface area (Å²) >= 11 is 0. The number of nitrogens with zero attached hydrogens (tertiary/aromatic N) is 4. The topological polar surface area (TPSA) is 89.5 Å². The molecule has 2 saturated heterocycles. The van der Waals surface area contributed by atoms with Crippen LogP contribution in [-0.4, -0.2) is 104 Å². The second-order valence-corrected chi connectivity index (χ2v) is 8.63. The smallest absolute Gasteiger partial charge is 0.410 e. The molecule has 174 valence electrons. The molecule has 0 aliphatic carbocycles. The Labute approximate surface area is 198 Å². The number of carbonyl (C=O) groups is 2. The third kappa shape index (κ3) is 8.83. The van der Waals surface area contributed by atoms with Crippen molar-refractivity contribution >= 4 is 41.9 Å². The van der Waals surface area contributed by atoms with Crippen molar-refractivity contribution in [3.05, 3.63) is 0 Å². The first kappa shape index (κ1) is 26.7. The first-order chi connectivity index (χ1) is 13.7. The van der Waals surface area contributed by atoms with Crippen molar-refractivity contribution in [1.82, 2.24) is 25.3 Å². The lowest BCUT2D eigenvalue weighted by atomic mass is 10.2. The van der Waals surface area contributed by atoms with Gasteiger partial charge in [-0.1, -0.05) is 6.92 Å². The largest absolute Gasteiger partial charge is 0.444 e. The summed E-state index contributed by atoms with van der Waals surface area (Å²) in [5.41, 5.74) is -0.457. The molecule has 2 aliphatic heterocycles. The second-order valence-electron chi connectivity index (χ2n) is 8.63. The fraction of sp³-hybridized carbons (Fsp3) is 0.850. The highest BCUT2D eigenvalue weighted by Gasteiger charge is 2.27. The molecule has 9 nitrogen and oxygen atoms in total. The number of halogens is 1. The molecule has 2 fully saturated rings. The van der Waals surface area contributed by atoms with Crippen LogP contribution in [0.4, 0.5) is 4.79 Å². The molecule has 10 heteroatoms. The molecule has 0 aromatic heterocycles. The molecule has 2 rings (SSSR count). The van der Waals surface area contributed by atoms with E-state index >= 15 is 0 Å². The first-order valence-corrected chi connectivity index (χ1v) is 10.7. The van der Waals surface area contributed by atoms with Gasteiger partial charge in [0, 0.05) is 71.9 Å². The number of piperazine rings is 1. The van der Waals surface area contributed by atoms with Crippen molar-refractivity contribution < 1.29 is 14.3 Å². The van der Waals surface area contributed by atoms with Crippen LogP contribution in [0.2, 0.25) is 0 Å². The van der Waals surface area contributed by atoms with E-state index in [9.17, 15) is 9.59 Å². The fourth-order valence-corrected chi connectivity index (χ4v) is 3.53. The zero-order valence-electron chi connectivity index (χ0n) is 19.1. The normalized spacial score (nSPS) is 20.6. The Morgan fingerprint density at radius 2 is 1.77 bits per heavy atom. The first-order valence-electron chi connectivity index (χ1n) is 10.7. The number of amides is 2. The molecule has 0 radical (unpaired) electrons. The van der Waals surface area contributed by atoms with Gasteiger partial charge in [-0.15, -0.1) is 24.0 Å². The highest BCUT2D eigenvalue weighted by molar-refractivity contribution is 14.0. The summed E-state index contributed by atoms with van der Waals surface area (Å²) in [5, 5.41) is 6.77. The summed E-state index contributed by atoms with van der Waals surface area (Å²) in [6, 6.07) is 0.245. The van der Waals surface area contributed by atoms with Crippen LogP contribution >= 0.6 is 24.0 Å². The molecule has 0 aromatic rings. The van der Waals surface area contributed by atoms with E-state index in [1.807, 2.05) is 32.6 Å². The summed E-state index contributed by atoms with van der Waals surface area (Å²) < 4.78 is 5.44. The van der Waals surface area contributed by atoms with Gasteiger partial charge in [-0.25, -0.2) is 4.79 Å². The fourth-order valence-electron chi connectivity index (χ4n) is 3.53. The number of nitrogens with one attached hydrogen (secondary N) is 2. The van der Waals surface area contributed by atoms with E-state index in [1.54, 1.807) is 11.9 Å². The molecular formula is C20H39IN6O3. The van der Waals surface area contributed by atoms with Gasteiger partial charge in [0.25, 0.3) is 0 Å². The van der Waals surface area contributed by atoms with Crippen molar-refractivity contribution in [2.75, 3.05) is 59.4 Å². The Balaban J connectivity index is 0.00000450. The Morgan fingerprint density at radius 1 is 1.10 bits per heavy atom. The van der Waals surface area contributed by atoms with Gasteiger partial charge in [0.05, 0.1) is 0 Å². The monoisotopic (exact) mass is 538 g/mol. The molecule has 1 unspecified atom stereocenters. The number of aliphatic imine (C=N–C) groups is 1. The minimum atomic E-state index is -0.457. The maximum Gasteiger partial charge on any atom is 0.410 e. The lowest BCUT2D eigenvalue weighted by Gasteiger charge is -2.35. The van der Waals surface area contributed by atoms with Gasteiger partial charge in [0.1, 0.15) is 5.60 Å². The summed E-state index contributed by atoms with van der Waals surface area (Å²) in [6.45, 7) is 13.8. The van der Waals surface area contributed by atoms with Crippen LogP contribution in [0.15, 0.2) is 4.99 Å². The van der Waals surface area contributed by atoms with Crippen molar-refractivity contribution in [1.29, 1.82) is 0 Å². The van der Waals surface area contributed by atoms with E-state index in [-0.39, 0.29) is 42.0 Å². The van der Waals surface area contributed by atoms with Crippen LogP contribution in [0, 0.1) is 0 Å². The van der Waals surface area contributed by atoms with Gasteiger partial charge >= 0.3 is 6.09 Å². The zero-order valence-corrected chi connectivity index (χ0v) is 21.4. The number of likely N-dealkylation sites (tertiary alicyclic amines) is 1. The minimum absolute atomic E-state index is 0. The zero-order chi connectivity index (χ0) is 21.4. The number of guanidine groups is 1. The van der Waals surface area contributed by atoms with Crippen LogP contribution in [0.5, 0.6) is 0 Å². The molecule has 30 heavy (non-hydrogen) atoms. The number of rotatable bonds is 5. The van der Waals surface area contributed by atoms with Crippen LogP contribution in [-0.2, 0) is 9.53 Å². The maximum absolute atomic E-state index is 12.1. The number of carbonyl (C=O) groups excluding carboxylic acids is 2. The van der Waals surface area contributed by atoms with Gasteiger partial charge in [-0.05, 0) is 27.2 Å². The summed E-state index contributed by atoms with van der Waals surface area (Å²) in [6.07, 6.45) is 1.27. The van der Waals surface area contributed by atoms with Crippen molar-refractivity contribution in [3.63, 3.8) is 0 Å². The van der Waals surface area contributed by atoms with Gasteiger partial charge in [-0.2, -0.15) is 0 Å². The summed E-state index contributed by atoms with van der Waals surface area (Å²) in [4.78, 5) is 34.3. The molecule has 1 atom stereocenters. The minimum Gasteiger partial charge on any atom is -0.444 e. The van der Waals surface area contributed by atoms with E-state index in [2.05, 4.69) is 20.5 Å². The molecule has 2 aliphatic rings. The predicted molar refractivity (Wildman–Crippen MR) is 129 cm³/mol. The maximum atomic E-state index is 12.1. The lowest BCUT2D eigenvalue weighted by Crippen LogP contribution is -2.52. The van der Waals surface area contributed by atoms with Crippen molar-refractivity contribution in [3.8, 4) is 0 Å². The Bertz CT molecular complexity index is 588. The summed E-state index contributed by atoms with van der Waals surface area (Å²) in [7, 11) is 1.76. The van der Waals surface area contributed by atoms with Crippen LogP contribution in [0.3, 0.4) is 0 Å².